The van der Waals surface area contributed by atoms with Crippen molar-refractivity contribution in [3.05, 3.63) is 0 Å². The summed E-state index contributed by atoms with van der Waals surface area (Å²) in [6.07, 6.45) is 33.9. The Morgan fingerprint density at radius 3 is 1.12 bits per heavy atom. The van der Waals surface area contributed by atoms with E-state index in [1.54, 1.807) is 0 Å². The third-order valence-electron chi connectivity index (χ3n) is 13.2. The van der Waals surface area contributed by atoms with E-state index in [1.165, 1.54) is 161 Å². The monoisotopic (exact) mass is 955 g/mol. The van der Waals surface area contributed by atoms with E-state index in [9.17, 15) is 34.5 Å². The fraction of sp³-hybridized carbons (Fsp3) is 0.927. The number of aliphatic hydroxyl groups excluding tert-OH is 2. The van der Waals surface area contributed by atoms with Crippen LogP contribution >= 0.6 is 0 Å². The van der Waals surface area contributed by atoms with Gasteiger partial charge in [-0.05, 0) is 19.3 Å². The summed E-state index contributed by atoms with van der Waals surface area (Å²) in [4.78, 5) is 50.7. The lowest BCUT2D eigenvalue weighted by atomic mass is 9.98. The summed E-state index contributed by atoms with van der Waals surface area (Å²) in [6, 6.07) is 0. The summed E-state index contributed by atoms with van der Waals surface area (Å²) >= 11 is 0. The highest BCUT2D eigenvalue weighted by atomic mass is 16.7. The van der Waals surface area contributed by atoms with Crippen molar-refractivity contribution in [2.75, 3.05) is 13.2 Å². The molecule has 0 amide bonds. The molecule has 1 saturated heterocycles. The van der Waals surface area contributed by atoms with Crippen LogP contribution in [0.3, 0.4) is 0 Å². The predicted molar refractivity (Wildman–Crippen MR) is 267 cm³/mol. The van der Waals surface area contributed by atoms with Crippen LogP contribution in [-0.2, 0) is 42.9 Å². The molecule has 0 aromatic carbocycles. The van der Waals surface area contributed by atoms with E-state index in [4.69, 9.17) is 23.7 Å². The van der Waals surface area contributed by atoms with Crippen LogP contribution in [0, 0.1) is 0 Å². The molecule has 6 unspecified atom stereocenters. The van der Waals surface area contributed by atoms with Crippen molar-refractivity contribution in [2.24, 2.45) is 0 Å². The Hall–Kier alpha value is -2.28. The number of rotatable bonds is 48. The van der Waals surface area contributed by atoms with E-state index < -0.39 is 67.3 Å². The molecule has 0 spiro atoms. The van der Waals surface area contributed by atoms with Gasteiger partial charge in [-0.25, -0.2) is 4.79 Å². The molecule has 1 rings (SSSR count). The zero-order valence-corrected chi connectivity index (χ0v) is 43.2. The van der Waals surface area contributed by atoms with Gasteiger partial charge in [0.2, 0.25) is 0 Å². The minimum Gasteiger partial charge on any atom is -0.479 e. The summed E-state index contributed by atoms with van der Waals surface area (Å²) in [5, 5.41) is 31.3. The van der Waals surface area contributed by atoms with Gasteiger partial charge in [0, 0.05) is 19.3 Å². The Bertz CT molecular complexity index is 1180. The van der Waals surface area contributed by atoms with Gasteiger partial charge in [-0.2, -0.15) is 0 Å². The van der Waals surface area contributed by atoms with Gasteiger partial charge in [0.25, 0.3) is 0 Å². The summed E-state index contributed by atoms with van der Waals surface area (Å²) in [5.41, 5.74) is 0. The first kappa shape index (κ1) is 62.7. The molecule has 6 atom stereocenters. The van der Waals surface area contributed by atoms with Gasteiger partial charge >= 0.3 is 23.9 Å². The Balaban J connectivity index is 2.60. The number of aliphatic carboxylic acids is 1. The third-order valence-corrected chi connectivity index (χ3v) is 13.2. The Morgan fingerprint density at radius 1 is 0.433 bits per heavy atom. The predicted octanol–water partition coefficient (Wildman–Crippen LogP) is 13.6. The molecule has 394 valence electrons. The van der Waals surface area contributed by atoms with Gasteiger partial charge in [0.05, 0.1) is 6.61 Å². The van der Waals surface area contributed by atoms with Gasteiger partial charge in [-0.3, -0.25) is 14.4 Å². The van der Waals surface area contributed by atoms with Crippen molar-refractivity contribution in [2.45, 2.75) is 314 Å². The quantitative estimate of drug-likeness (QED) is 0.0299. The number of unbranched alkanes of at least 4 members (excludes halogenated alkanes) is 34. The molecule has 0 bridgehead atoms. The van der Waals surface area contributed by atoms with Crippen LogP contribution < -0.4 is 0 Å². The van der Waals surface area contributed by atoms with Crippen molar-refractivity contribution >= 4 is 23.9 Å². The van der Waals surface area contributed by atoms with Crippen molar-refractivity contribution < 1.29 is 58.2 Å². The zero-order valence-electron chi connectivity index (χ0n) is 43.2. The van der Waals surface area contributed by atoms with Crippen molar-refractivity contribution in [1.29, 1.82) is 0 Å². The number of carbonyl (C=O) groups excluding carboxylic acids is 3. The lowest BCUT2D eigenvalue weighted by molar-refractivity contribution is -0.301. The average Bonchev–Trinajstić information content (AvgIpc) is 3.31. The van der Waals surface area contributed by atoms with E-state index in [-0.39, 0.29) is 25.9 Å². The molecular weight excluding hydrogens is 853 g/mol. The number of ether oxygens (including phenoxy) is 5. The maximum atomic E-state index is 13.0. The molecular formula is C55H102O12. The van der Waals surface area contributed by atoms with Gasteiger partial charge in [-0.1, -0.05) is 239 Å². The van der Waals surface area contributed by atoms with Gasteiger partial charge < -0.3 is 39.0 Å². The Morgan fingerprint density at radius 2 is 0.761 bits per heavy atom. The normalized spacial score (nSPS) is 18.7. The number of esters is 3. The molecule has 0 saturated carbocycles. The second-order valence-corrected chi connectivity index (χ2v) is 19.6. The highest BCUT2D eigenvalue weighted by molar-refractivity contribution is 5.74. The van der Waals surface area contributed by atoms with E-state index in [0.29, 0.717) is 19.3 Å². The molecule has 12 heteroatoms. The van der Waals surface area contributed by atoms with Crippen LogP contribution in [0.4, 0.5) is 0 Å². The molecule has 0 aromatic heterocycles. The summed E-state index contributed by atoms with van der Waals surface area (Å²) in [6.45, 7) is 5.96. The standard InChI is InChI=1S/C55H102O12/c1-4-7-10-13-16-19-20-21-22-23-24-25-26-27-28-31-34-37-40-43-49(58)66-53-51(60)50(59)52(54(61)62)67-55(53)64-45-46(65-48(57)42-39-36-33-30-18-15-12-9-6-3)44-63-47(56)41-38-35-32-29-17-14-11-8-5-2/h46,50-53,55,59-60H,4-45H2,1-3H3,(H,61,62). The van der Waals surface area contributed by atoms with Gasteiger partial charge in [0.15, 0.2) is 24.6 Å². The highest BCUT2D eigenvalue weighted by Gasteiger charge is 2.50. The first-order valence-electron chi connectivity index (χ1n) is 28.0. The second kappa shape index (κ2) is 44.9. The van der Waals surface area contributed by atoms with E-state index >= 15 is 0 Å². The molecule has 3 N–H and O–H groups in total. The minimum atomic E-state index is -1.89. The van der Waals surface area contributed by atoms with Crippen molar-refractivity contribution in [1.82, 2.24) is 0 Å². The van der Waals surface area contributed by atoms with Crippen molar-refractivity contribution in [3.63, 3.8) is 0 Å². The lowest BCUT2D eigenvalue weighted by Gasteiger charge is -2.40. The molecule has 1 aliphatic rings. The van der Waals surface area contributed by atoms with Crippen LogP contribution in [0.5, 0.6) is 0 Å². The SMILES string of the molecule is CCCCCCCCCCCCCCCCCCCCCC(=O)OC1C(OCC(COC(=O)CCCCCCCCCCC)OC(=O)CCCCCCCCCCC)OC(C(=O)O)C(O)C1O. The fourth-order valence-electron chi connectivity index (χ4n) is 8.84. The molecule has 0 radical (unpaired) electrons. The number of carbonyl (C=O) groups is 4. The molecule has 0 aliphatic carbocycles. The topological polar surface area (TPSA) is 175 Å². The second-order valence-electron chi connectivity index (χ2n) is 19.6. The maximum absolute atomic E-state index is 13.0. The Kier molecular flexibility index (Phi) is 42.0. The van der Waals surface area contributed by atoms with Crippen LogP contribution in [0.15, 0.2) is 0 Å². The Labute approximate surface area is 408 Å². The van der Waals surface area contributed by atoms with Crippen molar-refractivity contribution in [3.8, 4) is 0 Å². The first-order valence-corrected chi connectivity index (χ1v) is 28.0. The smallest absolute Gasteiger partial charge is 0.335 e. The number of carboxylic acids is 1. The molecule has 67 heavy (non-hydrogen) atoms. The van der Waals surface area contributed by atoms with Crippen LogP contribution in [0.25, 0.3) is 0 Å². The highest BCUT2D eigenvalue weighted by Crippen LogP contribution is 2.26. The minimum absolute atomic E-state index is 0.0707. The molecule has 0 aromatic rings. The van der Waals surface area contributed by atoms with E-state index in [1.807, 2.05) is 0 Å². The van der Waals surface area contributed by atoms with Gasteiger partial charge in [0.1, 0.15) is 18.8 Å². The number of aliphatic hydroxyl groups is 2. The lowest BCUT2D eigenvalue weighted by Crippen LogP contribution is -2.61. The zero-order chi connectivity index (χ0) is 49.0. The number of hydrogen-bond donors (Lipinski definition) is 3. The summed E-state index contributed by atoms with van der Waals surface area (Å²) in [7, 11) is 0. The first-order chi connectivity index (χ1) is 32.6. The van der Waals surface area contributed by atoms with Crippen LogP contribution in [0.1, 0.15) is 278 Å². The summed E-state index contributed by atoms with van der Waals surface area (Å²) in [5.74, 6) is -3.09. The largest absolute Gasteiger partial charge is 0.479 e. The molecule has 1 fully saturated rings. The maximum Gasteiger partial charge on any atom is 0.335 e. The summed E-state index contributed by atoms with van der Waals surface area (Å²) < 4.78 is 28.3. The number of hydrogen-bond acceptors (Lipinski definition) is 11. The van der Waals surface area contributed by atoms with Gasteiger partial charge in [-0.15, -0.1) is 0 Å². The third kappa shape index (κ3) is 35.5. The molecule has 1 aliphatic heterocycles. The van der Waals surface area contributed by atoms with Crippen LogP contribution in [0.2, 0.25) is 0 Å². The van der Waals surface area contributed by atoms with E-state index in [0.717, 1.165) is 57.8 Å². The molecule has 1 heterocycles. The fourth-order valence-corrected chi connectivity index (χ4v) is 8.84. The number of carboxylic acid groups (broad SMARTS) is 1. The average molecular weight is 955 g/mol. The van der Waals surface area contributed by atoms with Crippen LogP contribution in [-0.4, -0.2) is 89.2 Å². The van der Waals surface area contributed by atoms with E-state index in [2.05, 4.69) is 20.8 Å². The molecule has 12 nitrogen and oxygen atoms in total.